The van der Waals surface area contributed by atoms with Crippen LogP contribution >= 0.6 is 11.3 Å². The number of hydrogen-bond acceptors (Lipinski definition) is 6. The van der Waals surface area contributed by atoms with E-state index in [1.165, 1.54) is 16.2 Å². The lowest BCUT2D eigenvalue weighted by Crippen LogP contribution is -2.37. The summed E-state index contributed by atoms with van der Waals surface area (Å²) in [4.78, 5) is 35.6. The number of fused-ring (bicyclic) bond motifs is 3. The summed E-state index contributed by atoms with van der Waals surface area (Å²) in [5.41, 5.74) is 10.9. The van der Waals surface area contributed by atoms with Gasteiger partial charge >= 0.3 is 6.09 Å². The molecule has 0 saturated carbocycles. The number of thiazole rings is 1. The Kier molecular flexibility index (Phi) is 5.68. The van der Waals surface area contributed by atoms with Gasteiger partial charge in [0.15, 0.2) is 0 Å². The van der Waals surface area contributed by atoms with Gasteiger partial charge in [0.05, 0.1) is 41.9 Å². The van der Waals surface area contributed by atoms with Crippen molar-refractivity contribution in [3.63, 3.8) is 0 Å². The van der Waals surface area contributed by atoms with Gasteiger partial charge in [0.25, 0.3) is 0 Å². The molecule has 180 valence electrons. The normalized spacial score (nSPS) is 14.1. The van der Waals surface area contributed by atoms with Crippen LogP contribution in [0.1, 0.15) is 33.4 Å². The number of carbonyl (C=O) groups excluding carboxylic acids is 1. The summed E-state index contributed by atoms with van der Waals surface area (Å²) in [6.45, 7) is 5.04. The molecule has 2 amide bonds. The number of imidazole rings is 1. The van der Waals surface area contributed by atoms with Crippen LogP contribution in [0, 0.1) is 13.8 Å². The molecule has 0 fully saturated rings. The average molecular weight is 492 g/mol. The Morgan fingerprint density at radius 2 is 1.94 bits per heavy atom. The number of amides is 2. The van der Waals surface area contributed by atoms with Crippen LogP contribution in [0.3, 0.4) is 0 Å². The Bertz CT molecular complexity index is 1470. The van der Waals surface area contributed by atoms with E-state index in [4.69, 9.17) is 15.5 Å². The minimum absolute atomic E-state index is 0.230. The quantitative estimate of drug-likeness (QED) is 0.436. The summed E-state index contributed by atoms with van der Waals surface area (Å²) in [5.74, 6) is 0.251. The van der Waals surface area contributed by atoms with Crippen molar-refractivity contribution < 1.29 is 19.4 Å². The molecule has 3 heterocycles. The Labute approximate surface area is 205 Å². The van der Waals surface area contributed by atoms with E-state index in [-0.39, 0.29) is 6.54 Å². The highest BCUT2D eigenvalue weighted by molar-refractivity contribution is 7.15. The molecule has 1 aliphatic heterocycles. The summed E-state index contributed by atoms with van der Waals surface area (Å²) in [6, 6.07) is 11.6. The minimum Gasteiger partial charge on any atom is -0.496 e. The Hall–Kier alpha value is -3.92. The lowest BCUT2D eigenvalue weighted by molar-refractivity contribution is -0.118. The number of ether oxygens (including phenoxy) is 1. The fourth-order valence-corrected chi connectivity index (χ4v) is 5.82. The van der Waals surface area contributed by atoms with Crippen molar-refractivity contribution in [3.8, 4) is 16.3 Å². The number of aryl methyl sites for hydroxylation is 2. The van der Waals surface area contributed by atoms with E-state index >= 15 is 0 Å². The monoisotopic (exact) mass is 491 g/mol. The molecule has 1 atom stereocenters. The van der Waals surface area contributed by atoms with Gasteiger partial charge in [0.1, 0.15) is 16.6 Å². The Morgan fingerprint density at radius 3 is 2.66 bits per heavy atom. The molecular weight excluding hydrogens is 466 g/mol. The molecule has 2 aromatic carbocycles. The SMILES string of the molecule is COc1cc(C)ccc1-c1nc(C)c(C(C(N)=O)c2ccc3c(c2)nc2n3CCN(C(=O)O)C2)s1. The van der Waals surface area contributed by atoms with Gasteiger partial charge in [-0.1, -0.05) is 12.1 Å². The van der Waals surface area contributed by atoms with Crippen molar-refractivity contribution in [2.24, 2.45) is 5.73 Å². The molecule has 10 heteroatoms. The predicted molar refractivity (Wildman–Crippen MR) is 133 cm³/mol. The van der Waals surface area contributed by atoms with Gasteiger partial charge in [-0.3, -0.25) is 9.69 Å². The molecule has 1 aliphatic rings. The average Bonchev–Trinajstić information content (AvgIpc) is 3.38. The van der Waals surface area contributed by atoms with Gasteiger partial charge in [-0.15, -0.1) is 11.3 Å². The first-order chi connectivity index (χ1) is 16.8. The van der Waals surface area contributed by atoms with Crippen LogP contribution in [0.25, 0.3) is 21.6 Å². The van der Waals surface area contributed by atoms with Gasteiger partial charge < -0.3 is 20.1 Å². The molecule has 1 unspecified atom stereocenters. The van der Waals surface area contributed by atoms with E-state index in [1.807, 2.05) is 54.8 Å². The molecule has 5 rings (SSSR count). The summed E-state index contributed by atoms with van der Waals surface area (Å²) in [5, 5.41) is 10.1. The number of benzene rings is 2. The Morgan fingerprint density at radius 1 is 1.14 bits per heavy atom. The number of aromatic nitrogens is 3. The first kappa shape index (κ1) is 22.9. The van der Waals surface area contributed by atoms with Gasteiger partial charge in [-0.05, 0) is 49.2 Å². The molecule has 2 aromatic heterocycles. The van der Waals surface area contributed by atoms with Crippen LogP contribution in [0.4, 0.5) is 4.79 Å². The van der Waals surface area contributed by atoms with E-state index in [9.17, 15) is 14.7 Å². The number of primary amides is 1. The zero-order chi connectivity index (χ0) is 24.9. The molecule has 0 radical (unpaired) electrons. The molecule has 9 nitrogen and oxygen atoms in total. The second kappa shape index (κ2) is 8.70. The van der Waals surface area contributed by atoms with Crippen molar-refractivity contribution >= 4 is 34.4 Å². The first-order valence-electron chi connectivity index (χ1n) is 11.2. The van der Waals surface area contributed by atoms with Crippen molar-refractivity contribution in [2.45, 2.75) is 32.9 Å². The molecule has 0 spiro atoms. The number of methoxy groups -OCH3 is 1. The molecule has 0 aliphatic carbocycles. The molecule has 0 bridgehead atoms. The van der Waals surface area contributed by atoms with Crippen LogP contribution < -0.4 is 10.5 Å². The Balaban J connectivity index is 1.55. The van der Waals surface area contributed by atoms with E-state index < -0.39 is 17.9 Å². The topological polar surface area (TPSA) is 124 Å². The summed E-state index contributed by atoms with van der Waals surface area (Å²) in [6.07, 6.45) is -0.959. The predicted octanol–water partition coefficient (Wildman–Crippen LogP) is 3.90. The lowest BCUT2D eigenvalue weighted by Gasteiger charge is -2.25. The highest BCUT2D eigenvalue weighted by Gasteiger charge is 2.28. The molecule has 3 N–H and O–H groups in total. The fraction of sp³-hybridized carbons (Fsp3) is 0.280. The van der Waals surface area contributed by atoms with Crippen molar-refractivity contribution in [3.05, 3.63) is 63.9 Å². The van der Waals surface area contributed by atoms with Crippen LogP contribution in [-0.4, -0.2) is 50.2 Å². The highest BCUT2D eigenvalue weighted by atomic mass is 32.1. The maximum Gasteiger partial charge on any atom is 0.407 e. The third-order valence-electron chi connectivity index (χ3n) is 6.35. The van der Waals surface area contributed by atoms with Crippen LogP contribution in [0.5, 0.6) is 5.75 Å². The third-order valence-corrected chi connectivity index (χ3v) is 7.60. The van der Waals surface area contributed by atoms with Crippen molar-refractivity contribution in [1.29, 1.82) is 0 Å². The summed E-state index contributed by atoms with van der Waals surface area (Å²) < 4.78 is 7.58. The standard InChI is InChI=1S/C25H25N5O4S/c1-13-4-6-16(19(10-13)34-3)24-27-14(2)22(35-24)21(23(26)31)15-5-7-18-17(11-15)28-20-12-29(25(32)33)8-9-30(18)20/h4-7,10-11,21H,8-9,12H2,1-3H3,(H2,26,31)(H,32,33). The zero-order valence-electron chi connectivity index (χ0n) is 19.6. The number of hydrogen-bond donors (Lipinski definition) is 2. The first-order valence-corrected chi connectivity index (χ1v) is 12.0. The zero-order valence-corrected chi connectivity index (χ0v) is 20.4. The van der Waals surface area contributed by atoms with Gasteiger partial charge in [-0.25, -0.2) is 14.8 Å². The van der Waals surface area contributed by atoms with Gasteiger partial charge in [-0.2, -0.15) is 0 Å². The molecule has 4 aromatic rings. The molecule has 35 heavy (non-hydrogen) atoms. The van der Waals surface area contributed by atoms with E-state index in [2.05, 4.69) is 4.98 Å². The minimum atomic E-state index is -0.959. The van der Waals surface area contributed by atoms with Crippen LogP contribution in [-0.2, 0) is 17.9 Å². The molecular formula is C25H25N5O4S. The highest BCUT2D eigenvalue weighted by Crippen LogP contribution is 2.40. The van der Waals surface area contributed by atoms with E-state index in [0.29, 0.717) is 24.4 Å². The summed E-state index contributed by atoms with van der Waals surface area (Å²) >= 11 is 1.43. The van der Waals surface area contributed by atoms with E-state index in [0.717, 1.165) is 43.5 Å². The van der Waals surface area contributed by atoms with Gasteiger partial charge in [0, 0.05) is 18.0 Å². The second-order valence-electron chi connectivity index (χ2n) is 8.64. The fourth-order valence-electron chi connectivity index (χ4n) is 4.59. The van der Waals surface area contributed by atoms with Crippen molar-refractivity contribution in [1.82, 2.24) is 19.4 Å². The maximum absolute atomic E-state index is 12.7. The lowest BCUT2D eigenvalue weighted by atomic mass is 9.95. The molecule has 0 saturated heterocycles. The third kappa shape index (κ3) is 3.99. The van der Waals surface area contributed by atoms with Gasteiger partial charge in [0.2, 0.25) is 5.91 Å². The number of carboxylic acid groups (broad SMARTS) is 1. The second-order valence-corrected chi connectivity index (χ2v) is 9.67. The van der Waals surface area contributed by atoms with Crippen LogP contribution in [0.2, 0.25) is 0 Å². The van der Waals surface area contributed by atoms with Crippen molar-refractivity contribution in [2.75, 3.05) is 13.7 Å². The number of nitrogens with zero attached hydrogens (tertiary/aromatic N) is 4. The number of rotatable bonds is 5. The summed E-state index contributed by atoms with van der Waals surface area (Å²) in [7, 11) is 1.63. The number of nitrogens with two attached hydrogens (primary N) is 1. The maximum atomic E-state index is 12.7. The smallest absolute Gasteiger partial charge is 0.407 e. The number of carbonyl (C=O) groups is 2. The largest absolute Gasteiger partial charge is 0.496 e. The van der Waals surface area contributed by atoms with Crippen LogP contribution in [0.15, 0.2) is 36.4 Å². The van der Waals surface area contributed by atoms with E-state index in [1.54, 1.807) is 7.11 Å².